The number of nitrogens with one attached hydrogen (secondary N) is 2. The second-order valence-corrected chi connectivity index (χ2v) is 5.54. The molecule has 1 aliphatic rings. The van der Waals surface area contributed by atoms with E-state index in [0.29, 0.717) is 10.8 Å². The predicted molar refractivity (Wildman–Crippen MR) is 82.7 cm³/mol. The molecule has 1 saturated heterocycles. The molecule has 6 heteroatoms. The molecule has 0 aromatic carbocycles. The highest BCUT2D eigenvalue weighted by Crippen LogP contribution is 2.10. The van der Waals surface area contributed by atoms with Gasteiger partial charge in [-0.15, -0.1) is 0 Å². The number of rotatable bonds is 3. The van der Waals surface area contributed by atoms with Gasteiger partial charge in [0.1, 0.15) is 6.04 Å². The molecule has 0 aliphatic carbocycles. The smallest absolute Gasteiger partial charge is 0.211 e. The zero-order valence-corrected chi connectivity index (χ0v) is 12.7. The molecular formula is C14H22N4OS. The summed E-state index contributed by atoms with van der Waals surface area (Å²) in [4.78, 5) is 2.19. The zero-order chi connectivity index (χ0) is 14.4. The van der Waals surface area contributed by atoms with Crippen LogP contribution >= 0.6 is 12.2 Å². The Morgan fingerprint density at radius 2 is 2.00 bits per heavy atom. The molecule has 0 spiro atoms. The summed E-state index contributed by atoms with van der Waals surface area (Å²) in [5, 5.41) is 12.4. The van der Waals surface area contributed by atoms with Crippen LogP contribution in [0.15, 0.2) is 24.4 Å². The Labute approximate surface area is 125 Å². The third kappa shape index (κ3) is 4.05. The number of aromatic nitrogens is 1. The molecule has 0 bridgehead atoms. The van der Waals surface area contributed by atoms with E-state index in [-0.39, 0.29) is 6.04 Å². The molecule has 0 unspecified atom stereocenters. The number of nitrogens with zero attached hydrogens (tertiary/aromatic N) is 2. The maximum atomic E-state index is 11.7. The van der Waals surface area contributed by atoms with Crippen molar-refractivity contribution in [3.8, 4) is 0 Å². The van der Waals surface area contributed by atoms with Crippen LogP contribution in [0.25, 0.3) is 0 Å². The largest absolute Gasteiger partial charge is 0.618 e. The molecular weight excluding hydrogens is 272 g/mol. The van der Waals surface area contributed by atoms with E-state index in [1.807, 2.05) is 13.0 Å². The van der Waals surface area contributed by atoms with E-state index in [0.717, 1.165) is 17.8 Å². The Kier molecular flexibility index (Phi) is 5.55. The van der Waals surface area contributed by atoms with Gasteiger partial charge in [0.2, 0.25) is 5.69 Å². The fourth-order valence-corrected chi connectivity index (χ4v) is 2.61. The van der Waals surface area contributed by atoms with Crippen LogP contribution in [0.5, 0.6) is 0 Å². The summed E-state index contributed by atoms with van der Waals surface area (Å²) in [5.41, 5.74) is 6.83. The van der Waals surface area contributed by atoms with Crippen molar-refractivity contribution < 1.29 is 4.73 Å². The monoisotopic (exact) mass is 294 g/mol. The van der Waals surface area contributed by atoms with E-state index >= 15 is 0 Å². The SMILES string of the molecule is C[C@@H](NNC(=S)N1CCCCCC1)c1cccc[n+]1[O-]. The van der Waals surface area contributed by atoms with Crippen LogP contribution in [-0.4, -0.2) is 23.1 Å². The van der Waals surface area contributed by atoms with Gasteiger partial charge in [0.05, 0.1) is 0 Å². The average molecular weight is 294 g/mol. The van der Waals surface area contributed by atoms with Gasteiger partial charge in [-0.1, -0.05) is 12.8 Å². The third-order valence-corrected chi connectivity index (χ3v) is 3.95. The number of hydrazine groups is 1. The molecule has 1 aliphatic heterocycles. The minimum absolute atomic E-state index is 0.112. The lowest BCUT2D eigenvalue weighted by atomic mass is 10.2. The van der Waals surface area contributed by atoms with Crippen molar-refractivity contribution in [3.63, 3.8) is 0 Å². The van der Waals surface area contributed by atoms with Gasteiger partial charge in [-0.25, -0.2) is 5.43 Å². The predicted octanol–water partition coefficient (Wildman–Crippen LogP) is 1.64. The molecule has 20 heavy (non-hydrogen) atoms. The van der Waals surface area contributed by atoms with Crippen LogP contribution in [-0.2, 0) is 0 Å². The molecule has 1 aromatic rings. The van der Waals surface area contributed by atoms with Gasteiger partial charge >= 0.3 is 0 Å². The second kappa shape index (κ2) is 7.40. The van der Waals surface area contributed by atoms with Crippen molar-refractivity contribution >= 4 is 17.3 Å². The molecule has 5 nitrogen and oxygen atoms in total. The molecule has 2 N–H and O–H groups in total. The van der Waals surface area contributed by atoms with E-state index in [4.69, 9.17) is 12.2 Å². The fourth-order valence-electron chi connectivity index (χ4n) is 2.37. The summed E-state index contributed by atoms with van der Waals surface area (Å²) in [6.45, 7) is 3.95. The summed E-state index contributed by atoms with van der Waals surface area (Å²) in [6, 6.07) is 5.27. The molecule has 1 aromatic heterocycles. The van der Waals surface area contributed by atoms with Crippen molar-refractivity contribution in [1.82, 2.24) is 15.8 Å². The Morgan fingerprint density at radius 1 is 1.30 bits per heavy atom. The van der Waals surface area contributed by atoms with Crippen molar-refractivity contribution in [2.45, 2.75) is 38.6 Å². The van der Waals surface area contributed by atoms with Crippen LogP contribution in [0.3, 0.4) is 0 Å². The third-order valence-electron chi connectivity index (χ3n) is 3.59. The van der Waals surface area contributed by atoms with Gasteiger partial charge in [0.25, 0.3) is 0 Å². The maximum Gasteiger partial charge on any atom is 0.211 e. The Bertz CT molecular complexity index is 447. The van der Waals surface area contributed by atoms with E-state index in [1.165, 1.54) is 31.9 Å². The quantitative estimate of drug-likeness (QED) is 0.384. The molecule has 1 atom stereocenters. The topological polar surface area (TPSA) is 54.2 Å². The second-order valence-electron chi connectivity index (χ2n) is 5.15. The Balaban J connectivity index is 1.85. The molecule has 0 amide bonds. The first kappa shape index (κ1) is 15.0. The first-order chi connectivity index (χ1) is 9.68. The highest BCUT2D eigenvalue weighted by molar-refractivity contribution is 7.80. The zero-order valence-electron chi connectivity index (χ0n) is 11.8. The highest BCUT2D eigenvalue weighted by atomic mass is 32.1. The lowest BCUT2D eigenvalue weighted by molar-refractivity contribution is -0.616. The number of hydrogen-bond acceptors (Lipinski definition) is 3. The number of likely N-dealkylation sites (tertiary alicyclic amines) is 1. The normalized spacial score (nSPS) is 17.4. The lowest BCUT2D eigenvalue weighted by Gasteiger charge is -2.25. The van der Waals surface area contributed by atoms with Crippen molar-refractivity contribution in [1.29, 1.82) is 0 Å². The van der Waals surface area contributed by atoms with E-state index < -0.39 is 0 Å². The first-order valence-electron chi connectivity index (χ1n) is 7.17. The fraction of sp³-hybridized carbons (Fsp3) is 0.571. The van der Waals surface area contributed by atoms with Crippen LogP contribution in [0.4, 0.5) is 0 Å². The molecule has 2 heterocycles. The Hall–Kier alpha value is -1.40. The standard InChI is InChI=1S/C14H22N4OS/c1-12(13-8-4-7-11-18(13)19)15-16-14(20)17-9-5-2-3-6-10-17/h4,7-8,11-12,15H,2-3,5-6,9-10H2,1H3,(H,16,20)/t12-/m1/s1. The highest BCUT2D eigenvalue weighted by Gasteiger charge is 2.16. The molecule has 2 rings (SSSR count). The van der Waals surface area contributed by atoms with Crippen LogP contribution in [0.1, 0.15) is 44.3 Å². The molecule has 0 saturated carbocycles. The van der Waals surface area contributed by atoms with Crippen molar-refractivity contribution in [2.75, 3.05) is 13.1 Å². The van der Waals surface area contributed by atoms with Gasteiger partial charge in [-0.2, -0.15) is 4.73 Å². The van der Waals surface area contributed by atoms with Crippen molar-refractivity contribution in [3.05, 3.63) is 35.3 Å². The average Bonchev–Trinajstić information content (AvgIpc) is 2.74. The molecule has 110 valence electrons. The summed E-state index contributed by atoms with van der Waals surface area (Å²) in [5.74, 6) is 0. The van der Waals surface area contributed by atoms with Crippen molar-refractivity contribution in [2.24, 2.45) is 0 Å². The van der Waals surface area contributed by atoms with Gasteiger partial charge in [0.15, 0.2) is 11.3 Å². The Morgan fingerprint density at radius 3 is 2.65 bits per heavy atom. The van der Waals surface area contributed by atoms with Gasteiger partial charge in [-0.3, -0.25) is 5.43 Å². The number of pyridine rings is 1. The summed E-state index contributed by atoms with van der Waals surface area (Å²) < 4.78 is 0.869. The lowest BCUT2D eigenvalue weighted by Crippen LogP contribution is -2.49. The number of hydrogen-bond donors (Lipinski definition) is 2. The van der Waals surface area contributed by atoms with Gasteiger partial charge < -0.3 is 10.1 Å². The summed E-state index contributed by atoms with van der Waals surface area (Å²) in [7, 11) is 0. The van der Waals surface area contributed by atoms with Crippen LogP contribution in [0, 0.1) is 5.21 Å². The van der Waals surface area contributed by atoms with Crippen LogP contribution in [0.2, 0.25) is 0 Å². The van der Waals surface area contributed by atoms with Gasteiger partial charge in [0, 0.05) is 25.2 Å². The minimum Gasteiger partial charge on any atom is -0.618 e. The van der Waals surface area contributed by atoms with Crippen LogP contribution < -0.4 is 15.6 Å². The van der Waals surface area contributed by atoms with Gasteiger partial charge in [-0.05, 0) is 38.0 Å². The van der Waals surface area contributed by atoms with E-state index in [1.54, 1.807) is 12.1 Å². The summed E-state index contributed by atoms with van der Waals surface area (Å²) in [6.07, 6.45) is 6.44. The summed E-state index contributed by atoms with van der Waals surface area (Å²) >= 11 is 5.40. The number of thiocarbonyl (C=S) groups is 1. The molecule has 1 fully saturated rings. The minimum atomic E-state index is -0.112. The van der Waals surface area contributed by atoms with E-state index in [9.17, 15) is 5.21 Å². The molecule has 0 radical (unpaired) electrons. The first-order valence-corrected chi connectivity index (χ1v) is 7.58. The maximum absolute atomic E-state index is 11.7. The van der Waals surface area contributed by atoms with E-state index in [2.05, 4.69) is 15.8 Å².